The summed E-state index contributed by atoms with van der Waals surface area (Å²) in [5.41, 5.74) is 0. The Morgan fingerprint density at radius 1 is 1.21 bits per heavy atom. The lowest BCUT2D eigenvalue weighted by atomic mass is 10.2. The Bertz CT molecular complexity index is 622. The maximum Gasteiger partial charge on any atom is 0.321 e. The second-order valence-electron chi connectivity index (χ2n) is 7.07. The number of rotatable bonds is 7. The third kappa shape index (κ3) is 4.28. The molecule has 2 saturated carbocycles. The van der Waals surface area contributed by atoms with Crippen molar-refractivity contribution >= 4 is 23.7 Å². The fraction of sp³-hybridized carbons (Fsp3) is 0.750. The molecule has 0 spiro atoms. The van der Waals surface area contributed by atoms with Gasteiger partial charge < -0.3 is 9.88 Å². The molecule has 0 bridgehead atoms. The van der Waals surface area contributed by atoms with Crippen molar-refractivity contribution in [3.05, 3.63) is 5.82 Å². The molecule has 0 radical (unpaired) electrons. The quantitative estimate of drug-likeness (QED) is 0.737. The van der Waals surface area contributed by atoms with E-state index < -0.39 is 11.3 Å². The van der Waals surface area contributed by atoms with Gasteiger partial charge in [0.05, 0.1) is 5.25 Å². The van der Waals surface area contributed by atoms with Crippen LogP contribution in [-0.4, -0.2) is 38.5 Å². The molecule has 3 amide bonds. The fourth-order valence-corrected chi connectivity index (χ4v) is 3.36. The van der Waals surface area contributed by atoms with Crippen molar-refractivity contribution in [2.75, 3.05) is 6.54 Å². The largest absolute Gasteiger partial charge is 0.338 e. The lowest BCUT2D eigenvalue weighted by molar-refractivity contribution is -0.119. The maximum atomic E-state index is 12.2. The molecule has 2 fully saturated rings. The summed E-state index contributed by atoms with van der Waals surface area (Å²) in [6.45, 7) is 6.34. The van der Waals surface area contributed by atoms with Crippen LogP contribution in [0, 0.1) is 5.92 Å². The number of carbonyl (C=O) groups excluding carboxylic acids is 2. The van der Waals surface area contributed by atoms with Crippen molar-refractivity contribution in [3.8, 4) is 0 Å². The molecular weight excluding hydrogens is 326 g/mol. The zero-order valence-corrected chi connectivity index (χ0v) is 15.2. The van der Waals surface area contributed by atoms with Crippen LogP contribution in [0.2, 0.25) is 0 Å². The smallest absolute Gasteiger partial charge is 0.321 e. The van der Waals surface area contributed by atoms with E-state index in [4.69, 9.17) is 0 Å². The van der Waals surface area contributed by atoms with E-state index in [0.717, 1.165) is 23.8 Å². The number of hydrogen-bond acceptors (Lipinski definition) is 5. The second kappa shape index (κ2) is 7.13. The molecule has 0 unspecified atom stereocenters. The minimum Gasteiger partial charge on any atom is -0.338 e. The summed E-state index contributed by atoms with van der Waals surface area (Å²) in [5, 5.41) is 14.1. The number of aromatic nitrogens is 3. The average molecular weight is 351 g/mol. The first kappa shape index (κ1) is 17.3. The van der Waals surface area contributed by atoms with Crippen molar-refractivity contribution in [2.24, 2.45) is 5.92 Å². The van der Waals surface area contributed by atoms with Gasteiger partial charge in [0.25, 0.3) is 0 Å². The van der Waals surface area contributed by atoms with Crippen LogP contribution in [0.3, 0.4) is 0 Å². The third-order valence-electron chi connectivity index (χ3n) is 4.10. The first-order valence-electron chi connectivity index (χ1n) is 8.65. The van der Waals surface area contributed by atoms with Gasteiger partial charge in [-0.15, -0.1) is 10.2 Å². The van der Waals surface area contributed by atoms with Crippen LogP contribution in [0.25, 0.3) is 0 Å². The van der Waals surface area contributed by atoms with Crippen molar-refractivity contribution in [3.63, 3.8) is 0 Å². The molecule has 132 valence electrons. The highest BCUT2D eigenvalue weighted by atomic mass is 32.2. The molecule has 0 saturated heterocycles. The highest BCUT2D eigenvalue weighted by molar-refractivity contribution is 8.00. The van der Waals surface area contributed by atoms with Gasteiger partial charge in [0.15, 0.2) is 5.16 Å². The van der Waals surface area contributed by atoms with E-state index in [0.29, 0.717) is 24.4 Å². The number of imide groups is 1. The predicted molar refractivity (Wildman–Crippen MR) is 92.0 cm³/mol. The minimum absolute atomic E-state index is 0.306. The molecule has 1 aromatic heterocycles. The molecule has 2 aliphatic carbocycles. The molecule has 0 aliphatic heterocycles. The van der Waals surface area contributed by atoms with Crippen LogP contribution in [0.1, 0.15) is 64.2 Å². The average Bonchev–Trinajstić information content (AvgIpc) is 3.44. The van der Waals surface area contributed by atoms with Gasteiger partial charge in [0, 0.05) is 18.5 Å². The van der Waals surface area contributed by atoms with Crippen molar-refractivity contribution in [1.82, 2.24) is 25.4 Å². The number of urea groups is 1. The molecule has 3 rings (SSSR count). The number of nitrogens with one attached hydrogen (secondary N) is 2. The summed E-state index contributed by atoms with van der Waals surface area (Å²) < 4.78 is 2.21. The number of amides is 3. The first-order chi connectivity index (χ1) is 11.5. The molecule has 2 aliphatic rings. The van der Waals surface area contributed by atoms with E-state index in [1.54, 1.807) is 6.92 Å². The van der Waals surface area contributed by atoms with E-state index in [1.807, 2.05) is 13.8 Å². The lowest BCUT2D eigenvalue weighted by Gasteiger charge is -2.13. The number of carbonyl (C=O) groups is 2. The minimum atomic E-state index is -0.441. The number of thioether (sulfide) groups is 1. The predicted octanol–water partition coefficient (Wildman–Crippen LogP) is 2.45. The Morgan fingerprint density at radius 2 is 1.92 bits per heavy atom. The van der Waals surface area contributed by atoms with Crippen LogP contribution < -0.4 is 10.6 Å². The Labute approximate surface area is 146 Å². The van der Waals surface area contributed by atoms with Gasteiger partial charge in [-0.05, 0) is 38.5 Å². The van der Waals surface area contributed by atoms with Gasteiger partial charge in [-0.3, -0.25) is 10.1 Å². The van der Waals surface area contributed by atoms with Crippen molar-refractivity contribution < 1.29 is 9.59 Å². The van der Waals surface area contributed by atoms with Crippen LogP contribution >= 0.6 is 11.8 Å². The zero-order chi connectivity index (χ0) is 17.3. The van der Waals surface area contributed by atoms with Crippen LogP contribution in [0.5, 0.6) is 0 Å². The molecule has 1 heterocycles. The van der Waals surface area contributed by atoms with Crippen LogP contribution in [0.15, 0.2) is 5.16 Å². The van der Waals surface area contributed by atoms with E-state index in [9.17, 15) is 9.59 Å². The maximum absolute atomic E-state index is 12.2. The summed E-state index contributed by atoms with van der Waals surface area (Å²) in [6.07, 6.45) is 4.68. The van der Waals surface area contributed by atoms with Gasteiger partial charge in [-0.25, -0.2) is 4.79 Å². The standard InChI is InChI=1S/C16H25N5O2S/c1-9(2)8-17-15(23)18-14(22)10(3)24-16-20-19-13(11-4-5-11)21(16)12-6-7-12/h9-12H,4-8H2,1-3H3,(H2,17,18,22,23)/t10-/m1/s1. The Balaban J connectivity index is 1.57. The molecule has 2 N–H and O–H groups in total. The molecule has 1 atom stereocenters. The summed E-state index contributed by atoms with van der Waals surface area (Å²) in [6, 6.07) is 0.0474. The molecular formula is C16H25N5O2S. The molecule has 1 aromatic rings. The highest BCUT2D eigenvalue weighted by Gasteiger charge is 2.37. The molecule has 8 heteroatoms. The van der Waals surface area contributed by atoms with Crippen LogP contribution in [-0.2, 0) is 4.79 Å². The van der Waals surface area contributed by atoms with Gasteiger partial charge in [-0.2, -0.15) is 0 Å². The fourth-order valence-electron chi connectivity index (χ4n) is 2.43. The molecule has 24 heavy (non-hydrogen) atoms. The van der Waals surface area contributed by atoms with Gasteiger partial charge in [-0.1, -0.05) is 25.6 Å². The normalized spacial score (nSPS) is 18.5. The molecule has 0 aromatic carbocycles. The first-order valence-corrected chi connectivity index (χ1v) is 9.53. The number of hydrogen-bond donors (Lipinski definition) is 2. The van der Waals surface area contributed by atoms with E-state index in [2.05, 4.69) is 25.4 Å². The number of nitrogens with zero attached hydrogens (tertiary/aromatic N) is 3. The monoisotopic (exact) mass is 351 g/mol. The van der Waals surface area contributed by atoms with E-state index in [-0.39, 0.29) is 5.91 Å². The summed E-state index contributed by atoms with van der Waals surface area (Å²) in [7, 11) is 0. The zero-order valence-electron chi connectivity index (χ0n) is 14.4. The van der Waals surface area contributed by atoms with Crippen molar-refractivity contribution in [1.29, 1.82) is 0 Å². The topological polar surface area (TPSA) is 88.9 Å². The van der Waals surface area contributed by atoms with E-state index >= 15 is 0 Å². The van der Waals surface area contributed by atoms with Gasteiger partial charge in [0.2, 0.25) is 5.91 Å². The SMILES string of the molecule is CC(C)CNC(=O)NC(=O)[C@@H](C)Sc1nnc(C2CC2)n1C1CC1. The Morgan fingerprint density at radius 3 is 2.50 bits per heavy atom. The Kier molecular flexibility index (Phi) is 5.12. The lowest BCUT2D eigenvalue weighted by Crippen LogP contribution is -2.43. The van der Waals surface area contributed by atoms with E-state index in [1.165, 1.54) is 24.6 Å². The second-order valence-corrected chi connectivity index (χ2v) is 8.38. The van der Waals surface area contributed by atoms with Gasteiger partial charge >= 0.3 is 6.03 Å². The highest BCUT2D eigenvalue weighted by Crippen LogP contribution is 2.46. The summed E-state index contributed by atoms with van der Waals surface area (Å²) >= 11 is 1.38. The van der Waals surface area contributed by atoms with Gasteiger partial charge in [0.1, 0.15) is 5.82 Å². The third-order valence-corrected chi connectivity index (χ3v) is 5.16. The summed E-state index contributed by atoms with van der Waals surface area (Å²) in [4.78, 5) is 23.9. The van der Waals surface area contributed by atoms with Crippen molar-refractivity contribution in [2.45, 2.75) is 68.8 Å². The Hall–Kier alpha value is -1.57. The summed E-state index contributed by atoms with van der Waals surface area (Å²) in [5.74, 6) is 1.65. The van der Waals surface area contributed by atoms with Crippen LogP contribution in [0.4, 0.5) is 4.79 Å². The molecule has 7 nitrogen and oxygen atoms in total.